The predicted octanol–water partition coefficient (Wildman–Crippen LogP) is 3.30. The highest BCUT2D eigenvalue weighted by Gasteiger charge is 2.31. The highest BCUT2D eigenvalue weighted by molar-refractivity contribution is 6.32. The number of hydrogen-bond acceptors (Lipinski definition) is 5. The summed E-state index contributed by atoms with van der Waals surface area (Å²) in [5.74, 6) is -0.186. The van der Waals surface area contributed by atoms with Gasteiger partial charge >= 0.3 is 0 Å². The molecule has 0 bridgehead atoms. The Hall–Kier alpha value is -3.03. The fraction of sp³-hybridized carbons (Fsp3) is 0.360. The maximum absolute atomic E-state index is 12.8. The normalized spacial score (nSPS) is 18.9. The van der Waals surface area contributed by atoms with Crippen molar-refractivity contribution in [3.63, 3.8) is 0 Å². The SMILES string of the molecule is C=Cc1cccc(N2CCN(C(=O)CN3CC[C@@H](C(=O)Nc4ccc(O)c(Cl)c4)C3)CC2)c1. The van der Waals surface area contributed by atoms with Gasteiger partial charge in [-0.15, -0.1) is 0 Å². The van der Waals surface area contributed by atoms with Crippen LogP contribution in [0.4, 0.5) is 11.4 Å². The summed E-state index contributed by atoms with van der Waals surface area (Å²) in [4.78, 5) is 31.7. The highest BCUT2D eigenvalue weighted by Crippen LogP contribution is 2.27. The van der Waals surface area contributed by atoms with Crippen molar-refractivity contribution >= 4 is 40.9 Å². The Morgan fingerprint density at radius 3 is 2.64 bits per heavy atom. The molecule has 2 aromatic carbocycles. The molecule has 0 aromatic heterocycles. The van der Waals surface area contributed by atoms with Crippen molar-refractivity contribution < 1.29 is 14.7 Å². The molecule has 2 amide bonds. The van der Waals surface area contributed by atoms with Gasteiger partial charge in [-0.3, -0.25) is 14.5 Å². The molecule has 2 aliphatic rings. The molecule has 1 atom stereocenters. The average Bonchev–Trinajstić information content (AvgIpc) is 3.30. The Morgan fingerprint density at radius 1 is 1.12 bits per heavy atom. The second kappa shape index (κ2) is 10.3. The van der Waals surface area contributed by atoms with Crippen LogP contribution in [0.25, 0.3) is 6.08 Å². The fourth-order valence-electron chi connectivity index (χ4n) is 4.37. The van der Waals surface area contributed by atoms with E-state index >= 15 is 0 Å². The van der Waals surface area contributed by atoms with Crippen LogP contribution in [0.5, 0.6) is 5.75 Å². The van der Waals surface area contributed by atoms with E-state index in [1.165, 1.54) is 12.1 Å². The van der Waals surface area contributed by atoms with Crippen LogP contribution in [-0.2, 0) is 9.59 Å². The third-order valence-corrected chi connectivity index (χ3v) is 6.62. The lowest BCUT2D eigenvalue weighted by Gasteiger charge is -2.37. The van der Waals surface area contributed by atoms with Crippen LogP contribution in [-0.4, -0.2) is 72.5 Å². The number of aromatic hydroxyl groups is 1. The minimum Gasteiger partial charge on any atom is -0.506 e. The van der Waals surface area contributed by atoms with Crippen LogP contribution < -0.4 is 10.2 Å². The third-order valence-electron chi connectivity index (χ3n) is 6.32. The lowest BCUT2D eigenvalue weighted by Crippen LogP contribution is -2.51. The number of benzene rings is 2. The van der Waals surface area contributed by atoms with Crippen molar-refractivity contribution in [3.8, 4) is 5.75 Å². The van der Waals surface area contributed by atoms with Crippen molar-refractivity contribution in [3.05, 3.63) is 59.6 Å². The molecule has 174 valence electrons. The number of likely N-dealkylation sites (tertiary alicyclic amines) is 1. The standard InChI is InChI=1S/C25H29ClN4O3/c1-2-18-4-3-5-21(14-18)29-10-12-30(13-11-29)24(32)17-28-9-8-19(16-28)25(33)27-20-6-7-23(31)22(26)15-20/h2-7,14-15,19,31H,1,8-13,16-17H2,(H,27,33)/t19-/m1/s1. The molecule has 2 fully saturated rings. The average molecular weight is 469 g/mol. The van der Waals surface area contributed by atoms with Crippen LogP contribution in [0.15, 0.2) is 49.0 Å². The van der Waals surface area contributed by atoms with Crippen molar-refractivity contribution in [1.82, 2.24) is 9.80 Å². The molecule has 0 aliphatic carbocycles. The van der Waals surface area contributed by atoms with Crippen LogP contribution in [0.1, 0.15) is 12.0 Å². The zero-order valence-corrected chi connectivity index (χ0v) is 19.3. The fourth-order valence-corrected chi connectivity index (χ4v) is 4.55. The van der Waals surface area contributed by atoms with Gasteiger partial charge < -0.3 is 20.2 Å². The number of hydrogen-bond donors (Lipinski definition) is 2. The first-order valence-corrected chi connectivity index (χ1v) is 11.6. The Labute approximate surface area is 199 Å². The number of rotatable bonds is 6. The molecule has 2 saturated heterocycles. The number of nitrogens with zero attached hydrogens (tertiary/aromatic N) is 3. The number of phenolic OH excluding ortho intramolecular Hbond substituents is 1. The van der Waals surface area contributed by atoms with Crippen LogP contribution in [0.3, 0.4) is 0 Å². The van der Waals surface area contributed by atoms with Crippen molar-refractivity contribution in [2.24, 2.45) is 5.92 Å². The molecule has 4 rings (SSSR count). The summed E-state index contributed by atoms with van der Waals surface area (Å²) in [5, 5.41) is 12.6. The maximum atomic E-state index is 12.8. The summed E-state index contributed by atoms with van der Waals surface area (Å²) < 4.78 is 0. The summed E-state index contributed by atoms with van der Waals surface area (Å²) in [5.41, 5.74) is 2.80. The molecule has 2 aromatic rings. The van der Waals surface area contributed by atoms with E-state index in [1.54, 1.807) is 6.07 Å². The number of amides is 2. The van der Waals surface area contributed by atoms with Crippen molar-refractivity contribution in [2.75, 3.05) is 56.0 Å². The first-order valence-electron chi connectivity index (χ1n) is 11.2. The molecule has 2 heterocycles. The van der Waals surface area contributed by atoms with Gasteiger partial charge in [0.1, 0.15) is 5.75 Å². The minimum absolute atomic E-state index is 0.0219. The first kappa shape index (κ1) is 23.1. The van der Waals surface area contributed by atoms with Crippen molar-refractivity contribution in [2.45, 2.75) is 6.42 Å². The molecule has 0 radical (unpaired) electrons. The summed E-state index contributed by atoms with van der Waals surface area (Å²) >= 11 is 5.91. The van der Waals surface area contributed by atoms with E-state index in [0.717, 1.165) is 24.3 Å². The van der Waals surface area contributed by atoms with E-state index in [0.29, 0.717) is 44.8 Å². The molecule has 2 aliphatic heterocycles. The number of phenols is 1. The van der Waals surface area contributed by atoms with E-state index in [2.05, 4.69) is 33.8 Å². The number of carbonyl (C=O) groups is 2. The molecule has 8 heteroatoms. The number of anilines is 2. The zero-order valence-electron chi connectivity index (χ0n) is 18.5. The molecular formula is C25H29ClN4O3. The summed E-state index contributed by atoms with van der Waals surface area (Å²) in [6.45, 7) is 8.41. The Balaban J connectivity index is 1.23. The Bertz CT molecular complexity index is 1040. The molecule has 0 spiro atoms. The quantitative estimate of drug-likeness (QED) is 0.636. The van der Waals surface area contributed by atoms with E-state index in [1.807, 2.05) is 23.1 Å². The first-order chi connectivity index (χ1) is 15.9. The lowest BCUT2D eigenvalue weighted by atomic mass is 10.1. The summed E-state index contributed by atoms with van der Waals surface area (Å²) in [7, 11) is 0. The van der Waals surface area contributed by atoms with Crippen LogP contribution >= 0.6 is 11.6 Å². The van der Waals surface area contributed by atoms with Crippen molar-refractivity contribution in [1.29, 1.82) is 0 Å². The molecule has 7 nitrogen and oxygen atoms in total. The van der Waals surface area contributed by atoms with Gasteiger partial charge in [-0.2, -0.15) is 0 Å². The van der Waals surface area contributed by atoms with Gasteiger partial charge in [0.05, 0.1) is 17.5 Å². The number of nitrogens with one attached hydrogen (secondary N) is 1. The number of halogens is 1. The number of carbonyl (C=O) groups excluding carboxylic acids is 2. The van der Waals surface area contributed by atoms with Gasteiger partial charge in [0.15, 0.2) is 0 Å². The van der Waals surface area contributed by atoms with E-state index in [-0.39, 0.29) is 28.5 Å². The predicted molar refractivity (Wildman–Crippen MR) is 132 cm³/mol. The highest BCUT2D eigenvalue weighted by atomic mass is 35.5. The van der Waals surface area contributed by atoms with Crippen LogP contribution in [0, 0.1) is 5.92 Å². The number of piperazine rings is 1. The Morgan fingerprint density at radius 2 is 1.91 bits per heavy atom. The van der Waals surface area contributed by atoms with E-state index in [9.17, 15) is 14.7 Å². The van der Waals surface area contributed by atoms with Gasteiger partial charge in [0.2, 0.25) is 11.8 Å². The minimum atomic E-state index is -0.181. The monoisotopic (exact) mass is 468 g/mol. The summed E-state index contributed by atoms with van der Waals surface area (Å²) in [6, 6.07) is 12.9. The van der Waals surface area contributed by atoms with E-state index in [4.69, 9.17) is 11.6 Å². The smallest absolute Gasteiger partial charge is 0.236 e. The molecular weight excluding hydrogens is 440 g/mol. The topological polar surface area (TPSA) is 76.1 Å². The largest absolute Gasteiger partial charge is 0.506 e. The second-order valence-electron chi connectivity index (χ2n) is 8.54. The maximum Gasteiger partial charge on any atom is 0.236 e. The second-order valence-corrected chi connectivity index (χ2v) is 8.95. The van der Waals surface area contributed by atoms with Gasteiger partial charge in [-0.25, -0.2) is 0 Å². The third kappa shape index (κ3) is 5.67. The molecule has 33 heavy (non-hydrogen) atoms. The van der Waals surface area contributed by atoms with Crippen LogP contribution in [0.2, 0.25) is 5.02 Å². The van der Waals surface area contributed by atoms with Gasteiger partial charge in [-0.05, 0) is 48.9 Å². The van der Waals surface area contributed by atoms with E-state index < -0.39 is 0 Å². The summed E-state index contributed by atoms with van der Waals surface area (Å²) in [6.07, 6.45) is 2.55. The molecule has 0 saturated carbocycles. The zero-order chi connectivity index (χ0) is 23.4. The van der Waals surface area contributed by atoms with Gasteiger partial charge in [0.25, 0.3) is 0 Å². The van der Waals surface area contributed by atoms with Gasteiger partial charge in [0, 0.05) is 44.1 Å². The molecule has 0 unspecified atom stereocenters. The Kier molecular flexibility index (Phi) is 7.20. The lowest BCUT2D eigenvalue weighted by molar-refractivity contribution is -0.132. The van der Waals surface area contributed by atoms with Gasteiger partial charge in [-0.1, -0.05) is 36.4 Å². The molecule has 2 N–H and O–H groups in total.